The zero-order valence-electron chi connectivity index (χ0n) is 14.7. The second kappa shape index (κ2) is 6.79. The highest BCUT2D eigenvalue weighted by Gasteiger charge is 2.39. The quantitative estimate of drug-likeness (QED) is 0.909. The standard InChI is InChI=1S/C21H19N3O3/c22-21(27)14-4-6-15(7-5-14)24-17-2-1-3-18(25)20(17)16(12-19(24)26)13-8-10-23-11-9-13/h4-11,16H,1-3,12H2,(H2,22,27). The first kappa shape index (κ1) is 17.1. The molecule has 1 aromatic carbocycles. The van der Waals surface area contributed by atoms with Crippen LogP contribution >= 0.6 is 0 Å². The molecule has 1 aliphatic heterocycles. The summed E-state index contributed by atoms with van der Waals surface area (Å²) in [6.07, 6.45) is 5.50. The number of Topliss-reactive ketones (excluding diaryl/α,β-unsaturated/α-hetero) is 1. The number of benzene rings is 1. The Balaban J connectivity index is 1.81. The van der Waals surface area contributed by atoms with E-state index in [1.165, 1.54) is 0 Å². The molecule has 2 aliphatic rings. The van der Waals surface area contributed by atoms with Gasteiger partial charge in [-0.2, -0.15) is 0 Å². The predicted molar refractivity (Wildman–Crippen MR) is 99.9 cm³/mol. The van der Waals surface area contributed by atoms with Gasteiger partial charge in [-0.3, -0.25) is 24.3 Å². The lowest BCUT2D eigenvalue weighted by atomic mass is 9.77. The van der Waals surface area contributed by atoms with Crippen molar-refractivity contribution >= 4 is 23.3 Å². The molecule has 6 heteroatoms. The Kier molecular flexibility index (Phi) is 4.32. The molecule has 2 N–H and O–H groups in total. The molecule has 27 heavy (non-hydrogen) atoms. The average molecular weight is 361 g/mol. The number of allylic oxidation sites excluding steroid dienone is 2. The lowest BCUT2D eigenvalue weighted by Crippen LogP contribution is -2.40. The molecule has 0 saturated heterocycles. The lowest BCUT2D eigenvalue weighted by Gasteiger charge is -2.38. The van der Waals surface area contributed by atoms with Gasteiger partial charge in [0, 0.05) is 53.7 Å². The molecule has 0 saturated carbocycles. The molecule has 1 aromatic heterocycles. The number of primary amides is 1. The van der Waals surface area contributed by atoms with Crippen LogP contribution in [0.4, 0.5) is 5.69 Å². The summed E-state index contributed by atoms with van der Waals surface area (Å²) in [4.78, 5) is 42.8. The molecule has 0 radical (unpaired) electrons. The molecule has 136 valence electrons. The van der Waals surface area contributed by atoms with Crippen LogP contribution in [0.15, 0.2) is 60.1 Å². The van der Waals surface area contributed by atoms with E-state index in [4.69, 9.17) is 5.73 Å². The van der Waals surface area contributed by atoms with Crippen LogP contribution in [0.2, 0.25) is 0 Å². The van der Waals surface area contributed by atoms with Crippen molar-refractivity contribution in [3.05, 3.63) is 71.2 Å². The van der Waals surface area contributed by atoms with E-state index in [9.17, 15) is 14.4 Å². The van der Waals surface area contributed by atoms with Crippen molar-refractivity contribution in [1.29, 1.82) is 0 Å². The van der Waals surface area contributed by atoms with Crippen LogP contribution in [0.5, 0.6) is 0 Å². The summed E-state index contributed by atoms with van der Waals surface area (Å²) < 4.78 is 0. The van der Waals surface area contributed by atoms with E-state index < -0.39 is 5.91 Å². The van der Waals surface area contributed by atoms with Crippen LogP contribution in [0.1, 0.15) is 47.5 Å². The number of carbonyl (C=O) groups is 3. The van der Waals surface area contributed by atoms with Crippen LogP contribution in [-0.2, 0) is 9.59 Å². The molecule has 0 spiro atoms. The maximum absolute atomic E-state index is 13.0. The summed E-state index contributed by atoms with van der Waals surface area (Å²) in [6, 6.07) is 10.3. The Morgan fingerprint density at radius 1 is 1.04 bits per heavy atom. The second-order valence-electron chi connectivity index (χ2n) is 6.81. The Hall–Kier alpha value is -3.28. The molecule has 1 aliphatic carbocycles. The second-order valence-corrected chi connectivity index (χ2v) is 6.81. The number of anilines is 1. The Morgan fingerprint density at radius 3 is 2.41 bits per heavy atom. The molecule has 2 amide bonds. The van der Waals surface area contributed by atoms with Gasteiger partial charge in [-0.25, -0.2) is 0 Å². The largest absolute Gasteiger partial charge is 0.366 e. The number of aromatic nitrogens is 1. The maximum atomic E-state index is 13.0. The summed E-state index contributed by atoms with van der Waals surface area (Å²) in [6.45, 7) is 0. The zero-order valence-corrected chi connectivity index (χ0v) is 14.7. The highest BCUT2D eigenvalue weighted by Crippen LogP contribution is 2.43. The van der Waals surface area contributed by atoms with Gasteiger partial charge in [0.05, 0.1) is 0 Å². The van der Waals surface area contributed by atoms with Crippen LogP contribution < -0.4 is 10.6 Å². The average Bonchev–Trinajstić information content (AvgIpc) is 2.68. The summed E-state index contributed by atoms with van der Waals surface area (Å²) in [5.41, 5.74) is 8.77. The molecule has 1 unspecified atom stereocenters. The fourth-order valence-corrected chi connectivity index (χ4v) is 3.95. The van der Waals surface area contributed by atoms with E-state index in [2.05, 4.69) is 4.98 Å². The van der Waals surface area contributed by atoms with Gasteiger partial charge < -0.3 is 5.73 Å². The zero-order chi connectivity index (χ0) is 19.0. The summed E-state index contributed by atoms with van der Waals surface area (Å²) >= 11 is 0. The Bertz CT molecular complexity index is 948. The minimum atomic E-state index is -0.517. The first-order chi connectivity index (χ1) is 13.1. The van der Waals surface area contributed by atoms with Crippen molar-refractivity contribution in [2.24, 2.45) is 5.73 Å². The minimum Gasteiger partial charge on any atom is -0.366 e. The van der Waals surface area contributed by atoms with Gasteiger partial charge in [-0.05, 0) is 54.8 Å². The van der Waals surface area contributed by atoms with Crippen molar-refractivity contribution < 1.29 is 14.4 Å². The van der Waals surface area contributed by atoms with Crippen LogP contribution in [0, 0.1) is 0 Å². The number of rotatable bonds is 3. The number of hydrogen-bond donors (Lipinski definition) is 1. The van der Waals surface area contributed by atoms with Crippen molar-refractivity contribution in [1.82, 2.24) is 4.98 Å². The van der Waals surface area contributed by atoms with E-state index >= 15 is 0 Å². The van der Waals surface area contributed by atoms with E-state index in [1.54, 1.807) is 41.6 Å². The normalized spacial score (nSPS) is 19.9. The van der Waals surface area contributed by atoms with Gasteiger partial charge in [0.2, 0.25) is 11.8 Å². The van der Waals surface area contributed by atoms with Crippen molar-refractivity contribution in [2.75, 3.05) is 4.90 Å². The molecular formula is C21H19N3O3. The fraction of sp³-hybridized carbons (Fsp3) is 0.238. The smallest absolute Gasteiger partial charge is 0.248 e. The van der Waals surface area contributed by atoms with Gasteiger partial charge in [-0.1, -0.05) is 0 Å². The number of amides is 2. The van der Waals surface area contributed by atoms with Crippen molar-refractivity contribution in [3.63, 3.8) is 0 Å². The third-order valence-corrected chi connectivity index (χ3v) is 5.19. The molecular weight excluding hydrogens is 342 g/mol. The number of hydrogen-bond acceptors (Lipinski definition) is 4. The number of pyridine rings is 1. The SMILES string of the molecule is NC(=O)c1ccc(N2C(=O)CC(c3ccncc3)C3=C2CCCC3=O)cc1. The van der Waals surface area contributed by atoms with Crippen molar-refractivity contribution in [2.45, 2.75) is 31.6 Å². The van der Waals surface area contributed by atoms with Crippen LogP contribution in [0.25, 0.3) is 0 Å². The van der Waals surface area contributed by atoms with Crippen LogP contribution in [0.3, 0.4) is 0 Å². The molecule has 0 bridgehead atoms. The minimum absolute atomic E-state index is 0.0583. The lowest BCUT2D eigenvalue weighted by molar-refractivity contribution is -0.119. The van der Waals surface area contributed by atoms with Gasteiger partial charge in [0.1, 0.15) is 0 Å². The number of carbonyl (C=O) groups excluding carboxylic acids is 3. The van der Waals surface area contributed by atoms with Gasteiger partial charge >= 0.3 is 0 Å². The van der Waals surface area contributed by atoms with Crippen LogP contribution in [-0.4, -0.2) is 22.6 Å². The number of nitrogens with zero attached hydrogens (tertiary/aromatic N) is 2. The fourth-order valence-electron chi connectivity index (χ4n) is 3.95. The molecule has 1 atom stereocenters. The highest BCUT2D eigenvalue weighted by atomic mass is 16.2. The van der Waals surface area contributed by atoms with Gasteiger partial charge in [-0.15, -0.1) is 0 Å². The van der Waals surface area contributed by atoms with Gasteiger partial charge in [0.25, 0.3) is 0 Å². The summed E-state index contributed by atoms with van der Waals surface area (Å²) in [7, 11) is 0. The molecule has 6 nitrogen and oxygen atoms in total. The molecule has 2 heterocycles. The topological polar surface area (TPSA) is 93.4 Å². The number of nitrogens with two attached hydrogens (primary N) is 1. The third-order valence-electron chi connectivity index (χ3n) is 5.19. The van der Waals surface area contributed by atoms with E-state index in [-0.39, 0.29) is 24.0 Å². The first-order valence-corrected chi connectivity index (χ1v) is 8.95. The third kappa shape index (κ3) is 3.03. The first-order valence-electron chi connectivity index (χ1n) is 8.95. The van der Waals surface area contributed by atoms with E-state index in [0.29, 0.717) is 24.1 Å². The van der Waals surface area contributed by atoms with E-state index in [1.807, 2.05) is 12.1 Å². The molecule has 0 fully saturated rings. The Morgan fingerprint density at radius 2 is 1.74 bits per heavy atom. The number of ketones is 1. The monoisotopic (exact) mass is 361 g/mol. The maximum Gasteiger partial charge on any atom is 0.248 e. The highest BCUT2D eigenvalue weighted by molar-refractivity contribution is 6.07. The predicted octanol–water partition coefficient (Wildman–Crippen LogP) is 2.71. The Labute approximate surface area is 156 Å². The van der Waals surface area contributed by atoms with Gasteiger partial charge in [0.15, 0.2) is 5.78 Å². The summed E-state index contributed by atoms with van der Waals surface area (Å²) in [5, 5.41) is 0. The molecule has 2 aromatic rings. The molecule has 4 rings (SSSR count). The van der Waals surface area contributed by atoms with E-state index in [0.717, 1.165) is 23.3 Å². The summed E-state index contributed by atoms with van der Waals surface area (Å²) in [5.74, 6) is -0.706. The van der Waals surface area contributed by atoms with Crippen molar-refractivity contribution in [3.8, 4) is 0 Å².